The van der Waals surface area contributed by atoms with Crippen molar-refractivity contribution in [3.05, 3.63) is 12.4 Å². The first-order valence-corrected chi connectivity index (χ1v) is 9.84. The number of hydrogen-bond acceptors (Lipinski definition) is 7. The van der Waals surface area contributed by atoms with Gasteiger partial charge in [0.15, 0.2) is 0 Å². The van der Waals surface area contributed by atoms with Crippen molar-refractivity contribution < 1.29 is 98.2 Å². The molecule has 0 aliphatic rings. The van der Waals surface area contributed by atoms with Gasteiger partial charge in [-0.1, -0.05) is 6.58 Å². The lowest BCUT2D eigenvalue weighted by Crippen LogP contribution is -2.60. The second-order valence-electron chi connectivity index (χ2n) is 6.43. The zero-order chi connectivity index (χ0) is 30.1. The third kappa shape index (κ3) is 8.02. The number of carbonyl (C=O) groups is 2. The SMILES string of the molecule is C=C(F)C(=O)OC(OCCCC(F)(F)C(F)(F)S(=O)(=O)O)(C(=O)OC(C(F)(F)F)C(F)(F)F)C(F)(F)F. The highest BCUT2D eigenvalue weighted by Gasteiger charge is 2.71. The highest BCUT2D eigenvalue weighted by Crippen LogP contribution is 2.43. The first-order valence-electron chi connectivity index (χ1n) is 8.40. The third-order valence-electron chi connectivity index (χ3n) is 3.61. The molecule has 0 aromatic heterocycles. The predicted molar refractivity (Wildman–Crippen MR) is 83.7 cm³/mol. The van der Waals surface area contributed by atoms with E-state index in [4.69, 9.17) is 4.55 Å². The van der Waals surface area contributed by atoms with Gasteiger partial charge < -0.3 is 14.2 Å². The fourth-order valence-corrected chi connectivity index (χ4v) is 2.40. The molecular weight excluding hydrogens is 594 g/mol. The summed E-state index contributed by atoms with van der Waals surface area (Å²) in [6.07, 6.45) is -29.9. The van der Waals surface area contributed by atoms with Crippen molar-refractivity contribution >= 4 is 22.1 Å². The highest BCUT2D eigenvalue weighted by molar-refractivity contribution is 7.87. The summed E-state index contributed by atoms with van der Waals surface area (Å²) in [5, 5.41) is -6.27. The van der Waals surface area contributed by atoms with E-state index in [9.17, 15) is 79.5 Å². The monoisotopic (exact) mass is 604 g/mol. The zero-order valence-corrected chi connectivity index (χ0v) is 17.7. The largest absolute Gasteiger partial charge is 0.468 e. The molecule has 37 heavy (non-hydrogen) atoms. The van der Waals surface area contributed by atoms with Gasteiger partial charge in [-0.15, -0.1) is 0 Å². The van der Waals surface area contributed by atoms with Gasteiger partial charge in [-0.25, -0.2) is 9.59 Å². The molecular formula is C14H10F14O8S. The van der Waals surface area contributed by atoms with E-state index in [1.807, 2.05) is 0 Å². The van der Waals surface area contributed by atoms with Crippen LogP contribution in [0, 0.1) is 0 Å². The van der Waals surface area contributed by atoms with Gasteiger partial charge in [-0.05, 0) is 6.42 Å². The standard InChI is InChI=1S/C14H10F14O8S/c1-5(15)6(29)36-10(13(24,25)26,8(30)35-7(11(18,19)20)12(21,22)23)34-4-2-3-9(16,17)14(27,28)37(31,32)33/h7H,1-4H2,(H,31,32,33). The van der Waals surface area contributed by atoms with E-state index in [2.05, 4.69) is 20.8 Å². The van der Waals surface area contributed by atoms with Crippen molar-refractivity contribution in [2.24, 2.45) is 0 Å². The molecule has 23 heteroatoms. The fraction of sp³-hybridized carbons (Fsp3) is 0.714. The Morgan fingerprint density at radius 3 is 1.62 bits per heavy atom. The molecule has 0 aliphatic heterocycles. The first-order chi connectivity index (χ1) is 16.0. The summed E-state index contributed by atoms with van der Waals surface area (Å²) in [6.45, 7) is -0.190. The molecule has 0 bridgehead atoms. The molecule has 0 aromatic carbocycles. The molecule has 0 fully saturated rings. The maximum absolute atomic E-state index is 13.5. The smallest absolute Gasteiger partial charge is 0.438 e. The number of ether oxygens (including phenoxy) is 3. The summed E-state index contributed by atoms with van der Waals surface area (Å²) >= 11 is 0. The molecule has 218 valence electrons. The Hall–Kier alpha value is -2.43. The number of rotatable bonds is 11. The van der Waals surface area contributed by atoms with E-state index >= 15 is 0 Å². The van der Waals surface area contributed by atoms with Gasteiger partial charge in [-0.2, -0.15) is 69.9 Å². The molecule has 1 N–H and O–H groups in total. The minimum absolute atomic E-state index is 1.95. The Morgan fingerprint density at radius 2 is 1.30 bits per heavy atom. The average Bonchev–Trinajstić information content (AvgIpc) is 2.63. The number of carbonyl (C=O) groups excluding carboxylic acids is 2. The second kappa shape index (κ2) is 10.7. The van der Waals surface area contributed by atoms with Gasteiger partial charge in [0, 0.05) is 6.42 Å². The molecule has 0 radical (unpaired) electrons. The number of hydrogen-bond donors (Lipinski definition) is 1. The van der Waals surface area contributed by atoms with E-state index in [1.54, 1.807) is 0 Å². The van der Waals surface area contributed by atoms with Crippen LogP contribution in [0.3, 0.4) is 0 Å². The van der Waals surface area contributed by atoms with Crippen molar-refractivity contribution in [2.75, 3.05) is 6.61 Å². The average molecular weight is 604 g/mol. The van der Waals surface area contributed by atoms with Crippen molar-refractivity contribution in [1.29, 1.82) is 0 Å². The van der Waals surface area contributed by atoms with Crippen LogP contribution in [0.2, 0.25) is 0 Å². The van der Waals surface area contributed by atoms with Gasteiger partial charge in [0.05, 0.1) is 6.61 Å². The molecule has 0 saturated carbocycles. The molecule has 0 spiro atoms. The van der Waals surface area contributed by atoms with Crippen molar-refractivity contribution in [3.8, 4) is 0 Å². The summed E-state index contributed by atoms with van der Waals surface area (Å²) in [6, 6.07) is 0. The van der Waals surface area contributed by atoms with Crippen molar-refractivity contribution in [3.63, 3.8) is 0 Å². The summed E-state index contributed by atoms with van der Waals surface area (Å²) in [7, 11) is -6.84. The van der Waals surface area contributed by atoms with Crippen LogP contribution in [0.1, 0.15) is 12.8 Å². The quantitative estimate of drug-likeness (QED) is 0.0932. The Morgan fingerprint density at radius 1 is 0.865 bits per heavy atom. The highest BCUT2D eigenvalue weighted by atomic mass is 32.2. The molecule has 0 rings (SSSR count). The van der Waals surface area contributed by atoms with Crippen LogP contribution >= 0.6 is 0 Å². The van der Waals surface area contributed by atoms with Gasteiger partial charge in [0.25, 0.3) is 6.10 Å². The minimum atomic E-state index is -6.84. The summed E-state index contributed by atoms with van der Waals surface area (Å²) < 4.78 is 220. The van der Waals surface area contributed by atoms with Crippen LogP contribution in [0.25, 0.3) is 0 Å². The van der Waals surface area contributed by atoms with E-state index in [0.29, 0.717) is 0 Å². The lowest BCUT2D eigenvalue weighted by Gasteiger charge is -2.34. The lowest BCUT2D eigenvalue weighted by molar-refractivity contribution is -0.369. The van der Waals surface area contributed by atoms with Crippen molar-refractivity contribution in [2.45, 2.75) is 54.4 Å². The number of alkyl halides is 13. The third-order valence-corrected chi connectivity index (χ3v) is 4.56. The molecule has 0 amide bonds. The minimum Gasteiger partial charge on any atom is -0.438 e. The Kier molecular flexibility index (Phi) is 10.0. The van der Waals surface area contributed by atoms with Crippen LogP contribution in [-0.4, -0.2) is 73.1 Å². The van der Waals surface area contributed by atoms with Crippen molar-refractivity contribution in [1.82, 2.24) is 0 Å². The van der Waals surface area contributed by atoms with Gasteiger partial charge in [-0.3, -0.25) is 4.55 Å². The Bertz CT molecular complexity index is 954. The summed E-state index contributed by atoms with van der Waals surface area (Å²) in [4.78, 5) is 23.0. The molecule has 8 nitrogen and oxygen atoms in total. The maximum Gasteiger partial charge on any atom is 0.468 e. The van der Waals surface area contributed by atoms with Crippen LogP contribution in [0.4, 0.5) is 61.5 Å². The summed E-state index contributed by atoms with van der Waals surface area (Å²) in [5.41, 5.74) is 0. The molecule has 1 unspecified atom stereocenters. The van der Waals surface area contributed by atoms with Gasteiger partial charge in [0.2, 0.25) is 5.83 Å². The normalized spacial score (nSPS) is 15.8. The number of halogens is 14. The van der Waals surface area contributed by atoms with E-state index < -0.39 is 88.9 Å². The van der Waals surface area contributed by atoms with Crippen LogP contribution in [0.15, 0.2) is 12.4 Å². The molecule has 0 aromatic rings. The predicted octanol–water partition coefficient (Wildman–Crippen LogP) is 4.22. The van der Waals surface area contributed by atoms with Crippen LogP contribution < -0.4 is 0 Å². The van der Waals surface area contributed by atoms with E-state index in [1.165, 1.54) is 0 Å². The topological polar surface area (TPSA) is 116 Å². The Labute approximate surface area is 194 Å². The first kappa shape index (κ1) is 34.6. The molecule has 0 aliphatic carbocycles. The lowest BCUT2D eigenvalue weighted by atomic mass is 10.2. The number of esters is 2. The zero-order valence-electron chi connectivity index (χ0n) is 16.9. The molecule has 0 heterocycles. The molecule has 0 saturated heterocycles. The molecule has 1 atom stereocenters. The maximum atomic E-state index is 13.5. The van der Waals surface area contributed by atoms with Crippen LogP contribution in [-0.2, 0) is 33.9 Å². The van der Waals surface area contributed by atoms with E-state index in [-0.39, 0.29) is 0 Å². The Balaban J connectivity index is 6.32. The van der Waals surface area contributed by atoms with E-state index in [0.717, 1.165) is 0 Å². The van der Waals surface area contributed by atoms with Gasteiger partial charge in [0.1, 0.15) is 0 Å². The fourth-order valence-electron chi connectivity index (χ4n) is 1.92. The van der Waals surface area contributed by atoms with Crippen LogP contribution in [0.5, 0.6) is 0 Å². The summed E-state index contributed by atoms with van der Waals surface area (Å²) in [5.74, 6) is -21.0. The van der Waals surface area contributed by atoms with Gasteiger partial charge >= 0.3 is 57.5 Å². The second-order valence-corrected chi connectivity index (χ2v) is 7.89.